The normalized spacial score (nSPS) is 10.7. The molecule has 1 aromatic carbocycles. The minimum Gasteiger partial charge on any atom is -0.508 e. The van der Waals surface area contributed by atoms with Gasteiger partial charge in [0.05, 0.1) is 5.56 Å². The predicted molar refractivity (Wildman–Crippen MR) is 60.6 cm³/mol. The molecule has 0 saturated heterocycles. The minimum absolute atomic E-state index is 0.000508. The van der Waals surface area contributed by atoms with Crippen molar-refractivity contribution in [3.8, 4) is 34.6 Å². The Morgan fingerprint density at radius 2 is 2.11 bits per heavy atom. The van der Waals surface area contributed by atoms with Gasteiger partial charge in [-0.05, 0) is 18.2 Å². The average Bonchev–Trinajstić information content (AvgIpc) is 3.00. The molecule has 0 amide bonds. The largest absolute Gasteiger partial charge is 0.508 e. The third kappa shape index (κ3) is 1.67. The molecule has 7 heteroatoms. The summed E-state index contributed by atoms with van der Waals surface area (Å²) < 4.78 is 5.02. The smallest absolute Gasteiger partial charge is 0.262 e. The number of aromatic amines is 1. The molecule has 3 aromatic rings. The van der Waals surface area contributed by atoms with Crippen LogP contribution in [-0.2, 0) is 0 Å². The monoisotopic (exact) mass is 244 g/mol. The molecule has 3 N–H and O–H groups in total. The van der Waals surface area contributed by atoms with E-state index in [4.69, 9.17) is 4.52 Å². The molecule has 90 valence electrons. The standard InChI is InChI=1S/C11H8N4O3/c16-6-1-2-8(17)7(5-6)11-14-10(15-18-11)9-12-3-4-13-9/h1-5,16-17H,(H,12,13). The molecule has 0 spiro atoms. The number of aromatic nitrogens is 4. The lowest BCUT2D eigenvalue weighted by Gasteiger charge is -1.99. The molecular formula is C11H8N4O3. The van der Waals surface area contributed by atoms with Crippen molar-refractivity contribution in [2.75, 3.05) is 0 Å². The van der Waals surface area contributed by atoms with E-state index in [1.807, 2.05) is 0 Å². The summed E-state index contributed by atoms with van der Waals surface area (Å²) in [5.74, 6) is 0.792. The van der Waals surface area contributed by atoms with Crippen molar-refractivity contribution in [1.82, 2.24) is 20.1 Å². The number of phenolic OH excluding ortho intramolecular Hbond substituents is 2. The number of nitrogens with one attached hydrogen (secondary N) is 1. The second-order valence-corrected chi connectivity index (χ2v) is 3.56. The lowest BCUT2D eigenvalue weighted by molar-refractivity contribution is 0.423. The van der Waals surface area contributed by atoms with Gasteiger partial charge in [0.1, 0.15) is 11.5 Å². The molecule has 7 nitrogen and oxygen atoms in total. The van der Waals surface area contributed by atoms with Crippen LogP contribution in [0.25, 0.3) is 23.1 Å². The number of hydrogen-bond donors (Lipinski definition) is 3. The predicted octanol–water partition coefficient (Wildman–Crippen LogP) is 1.54. The van der Waals surface area contributed by atoms with E-state index in [0.29, 0.717) is 5.82 Å². The molecule has 2 heterocycles. The first-order chi connectivity index (χ1) is 8.74. The van der Waals surface area contributed by atoms with Gasteiger partial charge in [-0.3, -0.25) is 0 Å². The summed E-state index contributed by atoms with van der Waals surface area (Å²) in [5.41, 5.74) is 0.264. The van der Waals surface area contributed by atoms with Gasteiger partial charge < -0.3 is 19.7 Å². The summed E-state index contributed by atoms with van der Waals surface area (Å²) in [6, 6.07) is 4.05. The third-order valence-corrected chi connectivity index (χ3v) is 2.35. The van der Waals surface area contributed by atoms with Gasteiger partial charge in [-0.2, -0.15) is 4.98 Å². The molecule has 0 aliphatic heterocycles. The molecule has 0 atom stereocenters. The zero-order valence-electron chi connectivity index (χ0n) is 9.03. The van der Waals surface area contributed by atoms with E-state index in [2.05, 4.69) is 20.1 Å². The molecule has 0 aliphatic rings. The fraction of sp³-hybridized carbons (Fsp3) is 0. The molecule has 0 bridgehead atoms. The molecule has 3 rings (SSSR count). The second kappa shape index (κ2) is 3.88. The fourth-order valence-corrected chi connectivity index (χ4v) is 1.51. The van der Waals surface area contributed by atoms with Crippen molar-refractivity contribution in [2.24, 2.45) is 0 Å². The zero-order chi connectivity index (χ0) is 12.5. The van der Waals surface area contributed by atoms with E-state index in [9.17, 15) is 10.2 Å². The third-order valence-electron chi connectivity index (χ3n) is 2.35. The van der Waals surface area contributed by atoms with Gasteiger partial charge in [0.2, 0.25) is 5.82 Å². The number of imidazole rings is 1. The molecular weight excluding hydrogens is 236 g/mol. The Morgan fingerprint density at radius 1 is 1.22 bits per heavy atom. The first kappa shape index (κ1) is 10.3. The van der Waals surface area contributed by atoms with Gasteiger partial charge in [-0.25, -0.2) is 4.98 Å². The number of hydrogen-bond acceptors (Lipinski definition) is 6. The van der Waals surface area contributed by atoms with Crippen LogP contribution >= 0.6 is 0 Å². The van der Waals surface area contributed by atoms with Crippen molar-refractivity contribution in [3.05, 3.63) is 30.6 Å². The molecule has 0 fully saturated rings. The van der Waals surface area contributed by atoms with E-state index in [1.54, 1.807) is 12.4 Å². The van der Waals surface area contributed by atoms with Crippen LogP contribution in [-0.4, -0.2) is 30.3 Å². The van der Waals surface area contributed by atoms with Crippen molar-refractivity contribution >= 4 is 0 Å². The Balaban J connectivity index is 2.05. The number of rotatable bonds is 2. The zero-order valence-corrected chi connectivity index (χ0v) is 9.03. The van der Waals surface area contributed by atoms with Crippen molar-refractivity contribution in [3.63, 3.8) is 0 Å². The van der Waals surface area contributed by atoms with Crippen molar-refractivity contribution in [2.45, 2.75) is 0 Å². The average molecular weight is 244 g/mol. The number of nitrogens with zero attached hydrogens (tertiary/aromatic N) is 3. The quantitative estimate of drug-likeness (QED) is 0.590. The highest BCUT2D eigenvalue weighted by Gasteiger charge is 2.15. The number of aromatic hydroxyl groups is 2. The van der Waals surface area contributed by atoms with Crippen LogP contribution in [0.5, 0.6) is 11.5 Å². The topological polar surface area (TPSA) is 108 Å². The molecule has 18 heavy (non-hydrogen) atoms. The Hall–Kier alpha value is -2.83. The lowest BCUT2D eigenvalue weighted by Crippen LogP contribution is -1.83. The van der Waals surface area contributed by atoms with Crippen LogP contribution in [0.3, 0.4) is 0 Å². The van der Waals surface area contributed by atoms with E-state index in [0.717, 1.165) is 0 Å². The van der Waals surface area contributed by atoms with Gasteiger partial charge >= 0.3 is 0 Å². The van der Waals surface area contributed by atoms with E-state index >= 15 is 0 Å². The second-order valence-electron chi connectivity index (χ2n) is 3.56. The summed E-state index contributed by atoms with van der Waals surface area (Å²) in [6.45, 7) is 0. The fourth-order valence-electron chi connectivity index (χ4n) is 1.51. The van der Waals surface area contributed by atoms with Crippen LogP contribution in [0.1, 0.15) is 0 Å². The highest BCUT2D eigenvalue weighted by Crippen LogP contribution is 2.31. The first-order valence-electron chi connectivity index (χ1n) is 5.10. The molecule has 0 radical (unpaired) electrons. The van der Waals surface area contributed by atoms with Gasteiger partial charge in [-0.1, -0.05) is 5.16 Å². The van der Waals surface area contributed by atoms with Crippen LogP contribution < -0.4 is 0 Å². The molecule has 0 aliphatic carbocycles. The van der Waals surface area contributed by atoms with Crippen LogP contribution in [0.15, 0.2) is 35.1 Å². The highest BCUT2D eigenvalue weighted by atomic mass is 16.5. The van der Waals surface area contributed by atoms with Crippen LogP contribution in [0.4, 0.5) is 0 Å². The summed E-state index contributed by atoms with van der Waals surface area (Å²) in [4.78, 5) is 10.9. The van der Waals surface area contributed by atoms with Crippen LogP contribution in [0, 0.1) is 0 Å². The Kier molecular flexibility index (Phi) is 2.23. The molecule has 2 aromatic heterocycles. The Morgan fingerprint density at radius 3 is 2.89 bits per heavy atom. The first-order valence-corrected chi connectivity index (χ1v) is 5.10. The highest BCUT2D eigenvalue weighted by molar-refractivity contribution is 5.65. The van der Waals surface area contributed by atoms with Crippen LogP contribution in [0.2, 0.25) is 0 Å². The number of phenols is 2. The molecule has 0 unspecified atom stereocenters. The SMILES string of the molecule is Oc1ccc(O)c(-c2nc(-c3ncc[nH]3)no2)c1. The number of H-pyrrole nitrogens is 1. The van der Waals surface area contributed by atoms with Gasteiger partial charge in [0, 0.05) is 12.4 Å². The molecule has 0 saturated carbocycles. The van der Waals surface area contributed by atoms with Crippen molar-refractivity contribution < 1.29 is 14.7 Å². The lowest BCUT2D eigenvalue weighted by atomic mass is 10.2. The van der Waals surface area contributed by atoms with Crippen molar-refractivity contribution in [1.29, 1.82) is 0 Å². The maximum absolute atomic E-state index is 9.67. The maximum Gasteiger partial charge on any atom is 0.262 e. The summed E-state index contributed by atoms with van der Waals surface area (Å²) in [5, 5.41) is 22.8. The number of benzene rings is 1. The summed E-state index contributed by atoms with van der Waals surface area (Å²) in [6.07, 6.45) is 3.20. The summed E-state index contributed by atoms with van der Waals surface area (Å²) >= 11 is 0. The maximum atomic E-state index is 9.67. The van der Waals surface area contributed by atoms with E-state index < -0.39 is 0 Å². The van der Waals surface area contributed by atoms with Gasteiger partial charge in [0.25, 0.3) is 5.89 Å². The Bertz CT molecular complexity index is 675. The van der Waals surface area contributed by atoms with E-state index in [-0.39, 0.29) is 28.8 Å². The van der Waals surface area contributed by atoms with E-state index in [1.165, 1.54) is 18.2 Å². The Labute approximate surface area is 101 Å². The van der Waals surface area contributed by atoms with Gasteiger partial charge in [0.15, 0.2) is 5.82 Å². The van der Waals surface area contributed by atoms with Gasteiger partial charge in [-0.15, -0.1) is 0 Å². The summed E-state index contributed by atoms with van der Waals surface area (Å²) in [7, 11) is 0. The minimum atomic E-state index is -0.0533.